The van der Waals surface area contributed by atoms with E-state index in [1.165, 1.54) is 122 Å². The third-order valence-corrected chi connectivity index (χ3v) is 18.3. The van der Waals surface area contributed by atoms with Crippen LogP contribution >= 0.6 is 0 Å². The Labute approximate surface area is 692 Å². The third kappa shape index (κ3) is 29.1. The number of benzene rings is 9. The molecule has 9 heteroatoms. The van der Waals surface area contributed by atoms with Crippen molar-refractivity contribution in [1.29, 1.82) is 0 Å². The molecule has 0 unspecified atom stereocenters. The summed E-state index contributed by atoms with van der Waals surface area (Å²) < 4.78 is 0. The summed E-state index contributed by atoms with van der Waals surface area (Å²) in [6.45, 7) is 18.7. The fourth-order valence-electron chi connectivity index (χ4n) is 12.0. The average Bonchev–Trinajstić information content (AvgIpc) is 0.869. The van der Waals surface area contributed by atoms with E-state index in [0.29, 0.717) is 0 Å². The lowest BCUT2D eigenvalue weighted by Crippen LogP contribution is -1.85. The largest absolute Gasteiger partial charge is 0.265 e. The van der Waals surface area contributed by atoms with Gasteiger partial charge in [0.2, 0.25) is 0 Å². The fraction of sp³-hybridized carbons (Fsp3) is 0.0833. The zero-order chi connectivity index (χ0) is 81.9. The predicted octanol–water partition coefficient (Wildman–Crippen LogP) is 27.5. The Kier molecular flexibility index (Phi) is 34.0. The predicted molar refractivity (Wildman–Crippen MR) is 490 cm³/mol. The van der Waals surface area contributed by atoms with E-state index >= 15 is 0 Å². The summed E-state index contributed by atoms with van der Waals surface area (Å²) in [5.41, 5.74) is 32.2. The maximum Gasteiger partial charge on any atom is 0.0731 e. The smallest absolute Gasteiger partial charge is 0.0731 e. The molecule has 0 saturated heterocycles. The monoisotopic (exact) mass is 1520 g/mol. The standard InChI is InChI=1S/9C12H11N/c1-10-2-4-11(5-3-10)12-6-8-13-9-7-12;1-10-4-2-5-11(8-10)12-6-3-7-13-9-12;1-10-4-6-11(7-5-10)12-3-2-8-13-9-12;1-10-5-2-3-7-12(10)11-6-4-8-13-9-11;1-10-3-2-4-12(9-10)11-5-7-13-8-6-11;1-10-6-5-9-13-12(10)11-7-3-2-4-8-11;1-10-6-5-9-12(13-10)11-7-3-2-4-8-11;1-10-7-8-13-12(9-10)11-5-3-2-4-6-11;1-10-7-8-12(13-9-10)11-5-3-2-4-6-11/h9*2-9H,1H3. The van der Waals surface area contributed by atoms with E-state index < -0.39 is 0 Å². The van der Waals surface area contributed by atoms with Gasteiger partial charge in [0.25, 0.3) is 0 Å². The molecule has 0 bridgehead atoms. The molecule has 9 aromatic carbocycles. The molecular formula is C108H99N9. The van der Waals surface area contributed by atoms with Gasteiger partial charge in [-0.25, -0.2) is 0 Å². The van der Waals surface area contributed by atoms with Crippen molar-refractivity contribution in [3.05, 3.63) is 489 Å². The number of aryl methyl sites for hydroxylation is 9. The number of aromatic nitrogens is 9. The van der Waals surface area contributed by atoms with Crippen molar-refractivity contribution >= 4 is 0 Å². The second kappa shape index (κ2) is 47.0. The molecule has 117 heavy (non-hydrogen) atoms. The highest BCUT2D eigenvalue weighted by Crippen LogP contribution is 2.26. The molecular weight excluding hydrogens is 1420 g/mol. The summed E-state index contributed by atoms with van der Waals surface area (Å²) in [6, 6.07) is 122. The second-order valence-corrected chi connectivity index (χ2v) is 27.7. The summed E-state index contributed by atoms with van der Waals surface area (Å²) in [6.07, 6.45) is 23.9. The van der Waals surface area contributed by atoms with Gasteiger partial charge in [0, 0.05) is 114 Å². The van der Waals surface area contributed by atoms with Crippen molar-refractivity contribution in [1.82, 2.24) is 44.9 Å². The van der Waals surface area contributed by atoms with Gasteiger partial charge in [-0.05, 0) is 214 Å². The maximum atomic E-state index is 4.44. The first-order valence-corrected chi connectivity index (χ1v) is 39.0. The van der Waals surface area contributed by atoms with Crippen molar-refractivity contribution in [3.63, 3.8) is 0 Å². The Bertz CT molecular complexity index is 5200. The highest BCUT2D eigenvalue weighted by atomic mass is 14.7. The summed E-state index contributed by atoms with van der Waals surface area (Å²) in [7, 11) is 0. The molecule has 0 aliphatic rings. The molecule has 0 spiro atoms. The Morgan fingerprint density at radius 3 is 1.03 bits per heavy atom. The van der Waals surface area contributed by atoms with Crippen LogP contribution < -0.4 is 0 Å². The molecule has 0 saturated carbocycles. The number of hydrogen-bond donors (Lipinski definition) is 0. The van der Waals surface area contributed by atoms with E-state index in [9.17, 15) is 0 Å². The average molecular weight is 1520 g/mol. The minimum atomic E-state index is 1.03. The molecule has 576 valence electrons. The molecule has 0 atom stereocenters. The van der Waals surface area contributed by atoms with Crippen LogP contribution in [0.3, 0.4) is 0 Å². The first-order valence-electron chi connectivity index (χ1n) is 39.0. The molecule has 0 N–H and O–H groups in total. The number of pyridine rings is 9. The molecule has 9 nitrogen and oxygen atoms in total. The molecule has 9 heterocycles. The molecule has 0 radical (unpaired) electrons. The first-order chi connectivity index (χ1) is 57.3. The van der Waals surface area contributed by atoms with Gasteiger partial charge >= 0.3 is 0 Å². The van der Waals surface area contributed by atoms with Crippen LogP contribution in [-0.4, -0.2) is 44.9 Å². The lowest BCUT2D eigenvalue weighted by atomic mass is 10.0. The normalized spacial score (nSPS) is 9.92. The van der Waals surface area contributed by atoms with E-state index in [1.54, 1.807) is 18.6 Å². The van der Waals surface area contributed by atoms with Crippen molar-refractivity contribution in [3.8, 4) is 101 Å². The number of hydrogen-bond acceptors (Lipinski definition) is 9. The van der Waals surface area contributed by atoms with E-state index in [2.05, 4.69) is 300 Å². The van der Waals surface area contributed by atoms with Crippen LogP contribution in [0.4, 0.5) is 0 Å². The Morgan fingerprint density at radius 2 is 0.564 bits per heavy atom. The van der Waals surface area contributed by atoms with Crippen molar-refractivity contribution in [2.75, 3.05) is 0 Å². The minimum absolute atomic E-state index is 1.03. The van der Waals surface area contributed by atoms with Crippen LogP contribution in [-0.2, 0) is 0 Å². The minimum Gasteiger partial charge on any atom is -0.265 e. The zero-order valence-corrected chi connectivity index (χ0v) is 68.1. The SMILES string of the molecule is Cc1ccc(-c2ccccc2)nc1.Cc1ccc(-c2cccnc2)cc1.Cc1ccc(-c2ccncc2)cc1.Cc1cccc(-c2ccccc2)n1.Cc1cccc(-c2cccnc2)c1.Cc1cccc(-c2ccncc2)c1.Cc1ccccc1-c1cccnc1.Cc1cccnc1-c1ccccc1.Cc1ccnc(-c2ccccc2)c1. The third-order valence-electron chi connectivity index (χ3n) is 18.3. The Hall–Kier alpha value is -14.7. The van der Waals surface area contributed by atoms with Crippen LogP contribution in [0.1, 0.15) is 50.2 Å². The van der Waals surface area contributed by atoms with Crippen LogP contribution in [0, 0.1) is 62.3 Å². The van der Waals surface area contributed by atoms with Gasteiger partial charge in [0.1, 0.15) is 0 Å². The molecule has 9 aromatic heterocycles. The van der Waals surface area contributed by atoms with Gasteiger partial charge in [-0.15, -0.1) is 0 Å². The Morgan fingerprint density at radius 1 is 0.171 bits per heavy atom. The number of nitrogens with zero attached hydrogens (tertiary/aromatic N) is 9. The van der Waals surface area contributed by atoms with Crippen molar-refractivity contribution in [2.45, 2.75) is 62.3 Å². The maximum absolute atomic E-state index is 4.44. The van der Waals surface area contributed by atoms with E-state index in [0.717, 1.165) is 28.5 Å². The van der Waals surface area contributed by atoms with E-state index in [1.807, 2.05) is 227 Å². The van der Waals surface area contributed by atoms with Crippen LogP contribution in [0.15, 0.2) is 438 Å². The first kappa shape index (κ1) is 84.8. The van der Waals surface area contributed by atoms with Gasteiger partial charge in [0.05, 0.1) is 22.8 Å². The topological polar surface area (TPSA) is 116 Å². The van der Waals surface area contributed by atoms with Crippen LogP contribution in [0.5, 0.6) is 0 Å². The highest BCUT2D eigenvalue weighted by molar-refractivity contribution is 5.69. The van der Waals surface area contributed by atoms with E-state index in [-0.39, 0.29) is 0 Å². The van der Waals surface area contributed by atoms with Crippen LogP contribution in [0.25, 0.3) is 101 Å². The summed E-state index contributed by atoms with van der Waals surface area (Å²) >= 11 is 0. The highest BCUT2D eigenvalue weighted by Gasteiger charge is 2.05. The van der Waals surface area contributed by atoms with Crippen molar-refractivity contribution in [2.24, 2.45) is 0 Å². The molecule has 0 fully saturated rings. The summed E-state index contributed by atoms with van der Waals surface area (Å²) in [5, 5.41) is 0. The molecule has 0 aliphatic heterocycles. The zero-order valence-electron chi connectivity index (χ0n) is 68.1. The van der Waals surface area contributed by atoms with Gasteiger partial charge < -0.3 is 0 Å². The second-order valence-electron chi connectivity index (χ2n) is 27.7. The van der Waals surface area contributed by atoms with Gasteiger partial charge in [0.15, 0.2) is 0 Å². The molecule has 18 aromatic rings. The lowest BCUT2D eigenvalue weighted by Gasteiger charge is -2.03. The number of rotatable bonds is 9. The summed E-state index contributed by atoms with van der Waals surface area (Å²) in [4.78, 5) is 37.7. The molecule has 18 rings (SSSR count). The Balaban J connectivity index is 0.000000139. The summed E-state index contributed by atoms with van der Waals surface area (Å²) in [5.74, 6) is 0. The van der Waals surface area contributed by atoms with Crippen LogP contribution in [0.2, 0.25) is 0 Å². The van der Waals surface area contributed by atoms with Gasteiger partial charge in [-0.3, -0.25) is 44.9 Å². The molecule has 0 aliphatic carbocycles. The van der Waals surface area contributed by atoms with Gasteiger partial charge in [-0.1, -0.05) is 301 Å². The quantitative estimate of drug-likeness (QED) is 0.139. The van der Waals surface area contributed by atoms with Crippen molar-refractivity contribution < 1.29 is 0 Å². The van der Waals surface area contributed by atoms with Gasteiger partial charge in [-0.2, -0.15) is 0 Å². The van der Waals surface area contributed by atoms with E-state index in [4.69, 9.17) is 0 Å². The molecule has 0 amide bonds. The lowest BCUT2D eigenvalue weighted by molar-refractivity contribution is 1.21. The fourth-order valence-corrected chi connectivity index (χ4v) is 12.0.